The van der Waals surface area contributed by atoms with E-state index in [0.717, 1.165) is 29.1 Å². The highest BCUT2D eigenvalue weighted by molar-refractivity contribution is 8.00. The van der Waals surface area contributed by atoms with Crippen LogP contribution in [0, 0.1) is 17.8 Å². The predicted molar refractivity (Wildman–Crippen MR) is 154 cm³/mol. The molecule has 212 valence electrons. The number of para-hydroxylation sites is 1. The van der Waals surface area contributed by atoms with Gasteiger partial charge < -0.3 is 10.2 Å². The number of carbonyl (C=O) groups is 1. The average molecular weight is 588 g/mol. The highest BCUT2D eigenvalue weighted by Gasteiger charge is 2.55. The third-order valence-electron chi connectivity index (χ3n) is 8.88. The summed E-state index contributed by atoms with van der Waals surface area (Å²) in [6.07, 6.45) is -0.996. The quantitative estimate of drug-likeness (QED) is 0.322. The van der Waals surface area contributed by atoms with Gasteiger partial charge in [-0.1, -0.05) is 35.6 Å². The van der Waals surface area contributed by atoms with Crippen molar-refractivity contribution in [2.75, 3.05) is 23.3 Å². The van der Waals surface area contributed by atoms with Gasteiger partial charge in [0.05, 0.1) is 16.3 Å². The van der Waals surface area contributed by atoms with Crippen LogP contribution in [0.3, 0.4) is 0 Å². The molecule has 10 heteroatoms. The molecule has 0 saturated heterocycles. The molecule has 2 bridgehead atoms. The summed E-state index contributed by atoms with van der Waals surface area (Å²) in [7, 11) is 0. The maximum atomic E-state index is 13.5. The van der Waals surface area contributed by atoms with Gasteiger partial charge in [0, 0.05) is 34.8 Å². The smallest absolute Gasteiger partial charge is 0.372 e. The van der Waals surface area contributed by atoms with E-state index in [-0.39, 0.29) is 23.0 Å². The predicted octanol–water partition coefficient (Wildman–Crippen LogP) is 7.07. The Hall–Kier alpha value is -2.72. The lowest BCUT2D eigenvalue weighted by molar-refractivity contribution is -0.137. The number of anilines is 2. The summed E-state index contributed by atoms with van der Waals surface area (Å²) in [5.41, 5.74) is 1.15. The van der Waals surface area contributed by atoms with Gasteiger partial charge in [-0.25, -0.2) is 0 Å². The van der Waals surface area contributed by atoms with Crippen molar-refractivity contribution >= 4 is 40.4 Å². The Balaban J connectivity index is 1.34. The molecule has 0 spiro atoms. The number of benzene rings is 2. The highest BCUT2D eigenvalue weighted by Crippen LogP contribution is 2.64. The van der Waals surface area contributed by atoms with Crippen molar-refractivity contribution < 1.29 is 18.0 Å². The number of fused-ring (bicyclic) bond motifs is 6. The van der Waals surface area contributed by atoms with Gasteiger partial charge in [-0.3, -0.25) is 14.2 Å². The molecule has 5 nitrogen and oxygen atoms in total. The molecule has 2 heterocycles. The first kappa shape index (κ1) is 27.4. The summed E-state index contributed by atoms with van der Waals surface area (Å²) in [6.45, 7) is 5.81. The number of rotatable bonds is 7. The lowest BCUT2D eigenvalue weighted by Crippen LogP contribution is -2.35. The molecule has 3 aliphatic rings. The molecule has 1 aromatic heterocycles. The number of amides is 1. The number of hydrogen-bond donors (Lipinski definition) is 1. The van der Waals surface area contributed by atoms with Crippen LogP contribution in [-0.2, 0) is 17.5 Å². The van der Waals surface area contributed by atoms with Gasteiger partial charge >= 0.3 is 11.0 Å². The van der Waals surface area contributed by atoms with Crippen LogP contribution in [0.1, 0.15) is 55.0 Å². The van der Waals surface area contributed by atoms with Crippen molar-refractivity contribution in [2.45, 2.75) is 62.0 Å². The molecule has 2 fully saturated rings. The van der Waals surface area contributed by atoms with Gasteiger partial charge in [0.2, 0.25) is 5.91 Å². The van der Waals surface area contributed by atoms with Crippen LogP contribution < -0.4 is 15.1 Å². The van der Waals surface area contributed by atoms with Crippen LogP contribution in [0.25, 0.3) is 0 Å². The summed E-state index contributed by atoms with van der Waals surface area (Å²) >= 11 is 2.90. The van der Waals surface area contributed by atoms with Gasteiger partial charge in [0.15, 0.2) is 0 Å². The molecule has 1 amide bonds. The topological polar surface area (TPSA) is 54.3 Å². The number of carbonyl (C=O) groups excluding carboxylic acids is 1. The van der Waals surface area contributed by atoms with Crippen LogP contribution in [0.2, 0.25) is 0 Å². The fraction of sp³-hybridized carbons (Fsp3) is 0.467. The fourth-order valence-electron chi connectivity index (χ4n) is 7.11. The van der Waals surface area contributed by atoms with Crippen molar-refractivity contribution in [1.29, 1.82) is 0 Å². The van der Waals surface area contributed by atoms with E-state index in [0.29, 0.717) is 23.0 Å². The number of nitrogens with zero attached hydrogens (tertiary/aromatic N) is 2. The maximum absolute atomic E-state index is 13.5. The zero-order valence-corrected chi connectivity index (χ0v) is 24.0. The standard InChI is InChI=1S/C30H32F3N3O2S2/c1-3-35(4-2)20-13-11-17(12-14-20)24-25-18-9-10-19(15-18)26(25)39-28-27(24)40-29(38)36(28)16-23(37)34-22-8-6-5-7-21(22)30(31,32)33/h5-8,11-14,18-19,24-26H,3-4,9-10,15-16H2,1-2H3,(H,34,37)/t18?,19?,24-,25?,26?/m0/s1. The van der Waals surface area contributed by atoms with E-state index >= 15 is 0 Å². The molecule has 6 rings (SSSR count). The van der Waals surface area contributed by atoms with Gasteiger partial charge in [-0.2, -0.15) is 13.2 Å². The third kappa shape index (κ3) is 4.76. The van der Waals surface area contributed by atoms with E-state index in [1.807, 2.05) is 0 Å². The summed E-state index contributed by atoms with van der Waals surface area (Å²) in [6, 6.07) is 13.6. The van der Waals surface area contributed by atoms with E-state index in [2.05, 4.69) is 48.3 Å². The Kier molecular flexibility index (Phi) is 7.27. The van der Waals surface area contributed by atoms with Crippen molar-refractivity contribution in [3.05, 3.63) is 74.2 Å². The van der Waals surface area contributed by atoms with Crippen LogP contribution in [0.15, 0.2) is 58.4 Å². The van der Waals surface area contributed by atoms with E-state index < -0.39 is 17.6 Å². The first-order valence-corrected chi connectivity index (χ1v) is 15.6. The monoisotopic (exact) mass is 587 g/mol. The number of alkyl halides is 3. The molecule has 4 unspecified atom stereocenters. The van der Waals surface area contributed by atoms with Crippen molar-refractivity contribution in [1.82, 2.24) is 4.57 Å². The summed E-state index contributed by atoms with van der Waals surface area (Å²) in [5.74, 6) is 1.08. The van der Waals surface area contributed by atoms with Crippen molar-refractivity contribution in [3.63, 3.8) is 0 Å². The van der Waals surface area contributed by atoms with Crippen LogP contribution in [-0.4, -0.2) is 28.8 Å². The van der Waals surface area contributed by atoms with E-state index in [9.17, 15) is 22.8 Å². The lowest BCUT2D eigenvalue weighted by Gasteiger charge is -2.40. The van der Waals surface area contributed by atoms with Crippen molar-refractivity contribution in [2.24, 2.45) is 17.8 Å². The third-order valence-corrected chi connectivity index (χ3v) is 11.7. The summed E-state index contributed by atoms with van der Waals surface area (Å²) in [5, 5.41) is 3.58. The SMILES string of the molecule is CCN(CC)c1ccc([C@@H]2c3sc(=O)n(CC(=O)Nc4ccccc4C(F)(F)F)c3SC3C4CCC(C4)C32)cc1. The molecule has 40 heavy (non-hydrogen) atoms. The largest absolute Gasteiger partial charge is 0.418 e. The number of nitrogens with one attached hydrogen (secondary N) is 1. The molecular formula is C30H32F3N3O2S2. The van der Waals surface area contributed by atoms with Crippen LogP contribution in [0.5, 0.6) is 0 Å². The molecule has 2 aliphatic carbocycles. The molecule has 3 aromatic rings. The van der Waals surface area contributed by atoms with E-state index in [1.165, 1.54) is 64.6 Å². The molecule has 1 aliphatic heterocycles. The number of thioether (sulfide) groups is 1. The van der Waals surface area contributed by atoms with Crippen molar-refractivity contribution in [3.8, 4) is 0 Å². The number of halogens is 3. The molecule has 2 saturated carbocycles. The zero-order valence-electron chi connectivity index (χ0n) is 22.4. The zero-order chi connectivity index (χ0) is 28.2. The minimum absolute atomic E-state index is 0.0790. The molecule has 0 radical (unpaired) electrons. The number of hydrogen-bond acceptors (Lipinski definition) is 5. The van der Waals surface area contributed by atoms with E-state index in [1.54, 1.807) is 11.8 Å². The second-order valence-corrected chi connectivity index (χ2v) is 13.1. The number of thiazole rings is 1. The second kappa shape index (κ2) is 10.6. The van der Waals surface area contributed by atoms with E-state index in [4.69, 9.17) is 0 Å². The summed E-state index contributed by atoms with van der Waals surface area (Å²) in [4.78, 5) is 29.4. The molecule has 5 atom stereocenters. The number of aromatic nitrogens is 1. The Morgan fingerprint density at radius 2 is 1.75 bits per heavy atom. The van der Waals surface area contributed by atoms with Gasteiger partial charge in [-0.15, -0.1) is 11.8 Å². The Labute approximate surface area is 239 Å². The summed E-state index contributed by atoms with van der Waals surface area (Å²) < 4.78 is 41.9. The Morgan fingerprint density at radius 1 is 1.05 bits per heavy atom. The second-order valence-electron chi connectivity index (χ2n) is 10.9. The minimum atomic E-state index is -4.59. The van der Waals surface area contributed by atoms with Gasteiger partial charge in [-0.05, 0) is 80.7 Å². The van der Waals surface area contributed by atoms with Gasteiger partial charge in [0.1, 0.15) is 6.54 Å². The van der Waals surface area contributed by atoms with Crippen LogP contribution in [0.4, 0.5) is 24.5 Å². The van der Waals surface area contributed by atoms with Crippen LogP contribution >= 0.6 is 23.1 Å². The maximum Gasteiger partial charge on any atom is 0.418 e. The molecule has 1 N–H and O–H groups in total. The molecular weight excluding hydrogens is 555 g/mol. The first-order chi connectivity index (χ1) is 19.2. The van der Waals surface area contributed by atoms with Gasteiger partial charge in [0.25, 0.3) is 0 Å². The highest BCUT2D eigenvalue weighted by atomic mass is 32.2. The first-order valence-electron chi connectivity index (χ1n) is 13.9. The minimum Gasteiger partial charge on any atom is -0.372 e. The lowest BCUT2D eigenvalue weighted by atomic mass is 9.75. The average Bonchev–Trinajstić information content (AvgIpc) is 3.63. The Bertz CT molecular complexity index is 1460. The molecule has 2 aromatic carbocycles. The Morgan fingerprint density at radius 3 is 2.45 bits per heavy atom. The normalized spacial score (nSPS) is 25.0. The fourth-order valence-corrected chi connectivity index (χ4v) is 10.3.